The van der Waals surface area contributed by atoms with Crippen molar-refractivity contribution in [1.29, 1.82) is 0 Å². The van der Waals surface area contributed by atoms with Gasteiger partial charge >= 0.3 is 0 Å². The van der Waals surface area contributed by atoms with Gasteiger partial charge in [-0.15, -0.1) is 0 Å². The molecule has 4 rings (SSSR count). The fourth-order valence-corrected chi connectivity index (χ4v) is 3.93. The highest BCUT2D eigenvalue weighted by Gasteiger charge is 2.48. The van der Waals surface area contributed by atoms with E-state index < -0.39 is 0 Å². The first-order chi connectivity index (χ1) is 11.2. The molecule has 2 fully saturated rings. The van der Waals surface area contributed by atoms with Gasteiger partial charge in [0.15, 0.2) is 0 Å². The van der Waals surface area contributed by atoms with Crippen molar-refractivity contribution >= 4 is 11.6 Å². The molecule has 2 aromatic rings. The van der Waals surface area contributed by atoms with Gasteiger partial charge in [0.25, 0.3) is 0 Å². The van der Waals surface area contributed by atoms with Gasteiger partial charge in [-0.25, -0.2) is 9.97 Å². The summed E-state index contributed by atoms with van der Waals surface area (Å²) in [6.07, 6.45) is 7.70. The number of rotatable bonds is 4. The summed E-state index contributed by atoms with van der Waals surface area (Å²) in [6.45, 7) is 4.12. The topological polar surface area (TPSA) is 38.2 Å². The normalized spacial score (nSPS) is 23.1. The zero-order valence-corrected chi connectivity index (χ0v) is 13.7. The quantitative estimate of drug-likeness (QED) is 0.864. The van der Waals surface area contributed by atoms with Crippen molar-refractivity contribution < 1.29 is 4.74 Å². The summed E-state index contributed by atoms with van der Waals surface area (Å²) in [5.74, 6) is 0. The second kappa shape index (κ2) is 6.19. The van der Waals surface area contributed by atoms with E-state index in [0.717, 1.165) is 49.7 Å². The largest absolute Gasteiger partial charge is 0.377 e. The van der Waals surface area contributed by atoms with E-state index in [1.165, 1.54) is 5.56 Å². The molecule has 1 unspecified atom stereocenters. The number of ether oxygens (including phenoxy) is 1. The van der Waals surface area contributed by atoms with Crippen LogP contribution in [0.15, 0.2) is 43.0 Å². The number of halogens is 1. The first-order valence-corrected chi connectivity index (χ1v) is 8.41. The molecule has 0 N–H and O–H groups in total. The summed E-state index contributed by atoms with van der Waals surface area (Å²) >= 11 is 5.94. The Balaban J connectivity index is 1.28. The highest BCUT2D eigenvalue weighted by atomic mass is 35.5. The predicted octanol–water partition coefficient (Wildman–Crippen LogP) is 2.96. The second-order valence-corrected chi connectivity index (χ2v) is 7.30. The first kappa shape index (κ1) is 15.1. The zero-order valence-electron chi connectivity index (χ0n) is 13.0. The van der Waals surface area contributed by atoms with Crippen LogP contribution in [0.2, 0.25) is 5.02 Å². The molecule has 5 heteroatoms. The molecule has 1 aromatic carbocycles. The molecule has 0 amide bonds. The minimum absolute atomic E-state index is 0.304. The Labute approximate surface area is 141 Å². The molecule has 2 saturated heterocycles. The number of nitrogens with zero attached hydrogens (tertiary/aromatic N) is 3. The van der Waals surface area contributed by atoms with E-state index >= 15 is 0 Å². The van der Waals surface area contributed by atoms with Crippen molar-refractivity contribution in [2.75, 3.05) is 19.7 Å². The fraction of sp³-hybridized carbons (Fsp3) is 0.444. The van der Waals surface area contributed by atoms with Crippen molar-refractivity contribution in [2.45, 2.75) is 25.5 Å². The molecule has 2 aliphatic rings. The van der Waals surface area contributed by atoms with Gasteiger partial charge < -0.3 is 4.74 Å². The van der Waals surface area contributed by atoms with E-state index in [4.69, 9.17) is 16.3 Å². The van der Waals surface area contributed by atoms with Crippen LogP contribution in [0.5, 0.6) is 0 Å². The van der Waals surface area contributed by atoms with Crippen molar-refractivity contribution in [1.82, 2.24) is 14.9 Å². The summed E-state index contributed by atoms with van der Waals surface area (Å²) in [5, 5.41) is 0.797. The monoisotopic (exact) mass is 329 g/mol. The average Bonchev–Trinajstić information content (AvgIpc) is 2.94. The smallest absolute Gasteiger partial charge is 0.115 e. The summed E-state index contributed by atoms with van der Waals surface area (Å²) in [4.78, 5) is 10.6. The van der Waals surface area contributed by atoms with Crippen LogP contribution >= 0.6 is 11.6 Å². The Morgan fingerprint density at radius 1 is 1.13 bits per heavy atom. The van der Waals surface area contributed by atoms with Crippen LogP contribution in [0.4, 0.5) is 0 Å². The molecule has 3 heterocycles. The van der Waals surface area contributed by atoms with Gasteiger partial charge in [0, 0.05) is 48.9 Å². The molecular weight excluding hydrogens is 310 g/mol. The molecule has 1 spiro atoms. The van der Waals surface area contributed by atoms with Crippen LogP contribution < -0.4 is 0 Å². The van der Waals surface area contributed by atoms with Gasteiger partial charge in [0.2, 0.25) is 0 Å². The molecule has 0 bridgehead atoms. The third kappa shape index (κ3) is 3.39. The van der Waals surface area contributed by atoms with Crippen LogP contribution in [0.25, 0.3) is 0 Å². The summed E-state index contributed by atoms with van der Waals surface area (Å²) in [6, 6.07) is 8.14. The van der Waals surface area contributed by atoms with Crippen molar-refractivity contribution in [3.63, 3.8) is 0 Å². The van der Waals surface area contributed by atoms with Crippen LogP contribution in [0.3, 0.4) is 0 Å². The van der Waals surface area contributed by atoms with E-state index in [-0.39, 0.29) is 0 Å². The van der Waals surface area contributed by atoms with Gasteiger partial charge in [-0.3, -0.25) is 4.90 Å². The lowest BCUT2D eigenvalue weighted by molar-refractivity contribution is -0.0140. The highest BCUT2D eigenvalue weighted by molar-refractivity contribution is 6.30. The molecule has 0 saturated carbocycles. The fourth-order valence-electron chi connectivity index (χ4n) is 3.81. The maximum Gasteiger partial charge on any atom is 0.115 e. The maximum absolute atomic E-state index is 6.03. The number of likely N-dealkylation sites (tertiary alicyclic amines) is 1. The van der Waals surface area contributed by atoms with Gasteiger partial charge in [-0.05, 0) is 29.7 Å². The molecule has 1 atom stereocenters. The van der Waals surface area contributed by atoms with Gasteiger partial charge in [0.1, 0.15) is 6.33 Å². The van der Waals surface area contributed by atoms with Crippen molar-refractivity contribution in [3.8, 4) is 0 Å². The first-order valence-electron chi connectivity index (χ1n) is 8.03. The van der Waals surface area contributed by atoms with Gasteiger partial charge in [0.05, 0.1) is 12.7 Å². The zero-order chi connectivity index (χ0) is 15.7. The van der Waals surface area contributed by atoms with Crippen molar-refractivity contribution in [3.05, 3.63) is 59.1 Å². The number of benzene rings is 1. The van der Waals surface area contributed by atoms with E-state index in [0.29, 0.717) is 11.5 Å². The third-order valence-corrected chi connectivity index (χ3v) is 5.05. The lowest BCUT2D eigenvalue weighted by atomic mass is 9.77. The lowest BCUT2D eigenvalue weighted by Crippen LogP contribution is -2.56. The predicted molar refractivity (Wildman–Crippen MR) is 89.3 cm³/mol. The summed E-state index contributed by atoms with van der Waals surface area (Å²) in [7, 11) is 0. The van der Waals surface area contributed by atoms with Gasteiger partial charge in [-0.2, -0.15) is 0 Å². The molecule has 1 aromatic heterocycles. The Hall–Kier alpha value is -1.49. The highest BCUT2D eigenvalue weighted by Crippen LogP contribution is 2.42. The Kier molecular flexibility index (Phi) is 4.05. The van der Waals surface area contributed by atoms with Crippen molar-refractivity contribution in [2.24, 2.45) is 5.41 Å². The molecule has 2 aliphatic heterocycles. The Bertz CT molecular complexity index is 656. The second-order valence-electron chi connectivity index (χ2n) is 6.86. The Morgan fingerprint density at radius 3 is 2.61 bits per heavy atom. The number of hydrogen-bond donors (Lipinski definition) is 0. The minimum Gasteiger partial charge on any atom is -0.377 e. The Morgan fingerprint density at radius 2 is 1.87 bits per heavy atom. The molecule has 0 radical (unpaired) electrons. The van der Waals surface area contributed by atoms with Crippen LogP contribution in [0, 0.1) is 5.41 Å². The maximum atomic E-state index is 6.03. The van der Waals surface area contributed by atoms with Crippen LogP contribution in [-0.2, 0) is 17.7 Å². The lowest BCUT2D eigenvalue weighted by Gasteiger charge is -2.47. The third-order valence-electron chi connectivity index (χ3n) is 4.80. The molecular formula is C18H20ClN3O. The number of hydrogen-bond acceptors (Lipinski definition) is 4. The van der Waals surface area contributed by atoms with Crippen LogP contribution in [-0.4, -0.2) is 40.7 Å². The van der Waals surface area contributed by atoms with Gasteiger partial charge in [-0.1, -0.05) is 23.7 Å². The molecule has 0 aliphatic carbocycles. The average molecular weight is 330 g/mol. The van der Waals surface area contributed by atoms with E-state index in [1.807, 2.05) is 24.5 Å². The van der Waals surface area contributed by atoms with E-state index in [2.05, 4.69) is 27.0 Å². The summed E-state index contributed by atoms with van der Waals surface area (Å²) in [5.41, 5.74) is 2.83. The molecule has 4 nitrogen and oxygen atoms in total. The molecule has 23 heavy (non-hydrogen) atoms. The van der Waals surface area contributed by atoms with E-state index in [1.54, 1.807) is 6.33 Å². The number of aromatic nitrogens is 2. The SMILES string of the molecule is Clc1ccc(CN2CC3(COC(Cc4cncnc4)C3)C2)cc1. The molecule has 120 valence electrons. The minimum atomic E-state index is 0.304. The van der Waals surface area contributed by atoms with Crippen LogP contribution in [0.1, 0.15) is 17.5 Å². The summed E-state index contributed by atoms with van der Waals surface area (Å²) < 4.78 is 6.03. The standard InChI is InChI=1S/C18H20ClN3O/c19-16-3-1-14(2-4-16)9-22-10-18(11-22)6-17(23-12-18)5-15-7-20-13-21-8-15/h1-4,7-8,13,17H,5-6,9-12H2. The van der Waals surface area contributed by atoms with E-state index in [9.17, 15) is 0 Å².